The molecule has 0 radical (unpaired) electrons. The highest BCUT2D eigenvalue weighted by Crippen LogP contribution is 2.55. The zero-order valence-corrected chi connectivity index (χ0v) is 78.9. The predicted octanol–water partition coefficient (Wildman–Crippen LogP) is 19.7. The number of hydrogen-bond acceptors (Lipinski definition) is 21. The topological polar surface area (TPSA) is 343 Å². The van der Waals surface area contributed by atoms with E-state index < -0.39 is 34.6 Å². The van der Waals surface area contributed by atoms with E-state index in [-0.39, 0.29) is 90.0 Å². The molecule has 5 aliphatic heterocycles. The number of hydrogen-bond donors (Lipinski definition) is 6. The number of anilines is 2. The number of likely N-dealkylation sites (tertiary alicyclic amines) is 5. The Hall–Kier alpha value is -7.40. The maximum Gasteiger partial charge on any atom is 0.424 e. The van der Waals surface area contributed by atoms with Crippen LogP contribution < -0.4 is 10.2 Å². The molecule has 0 spiro atoms. The second-order valence-corrected chi connectivity index (χ2v) is 39.9. The third kappa shape index (κ3) is 36.8. The first kappa shape index (κ1) is 105. The van der Waals surface area contributed by atoms with Gasteiger partial charge in [-0.3, -0.25) is 5.32 Å². The fourth-order valence-electron chi connectivity index (χ4n) is 17.8. The number of aliphatic hydroxyl groups is 5. The Morgan fingerprint density at radius 3 is 1.12 bits per heavy atom. The molecule has 8 amide bonds. The van der Waals surface area contributed by atoms with Crippen LogP contribution in [-0.2, 0) is 37.9 Å². The summed E-state index contributed by atoms with van der Waals surface area (Å²) in [6.45, 7) is 40.3. The number of rotatable bonds is 14. The Kier molecular flexibility index (Phi) is 42.3. The summed E-state index contributed by atoms with van der Waals surface area (Å²) in [7, 11) is 0. The number of nitrogens with one attached hydrogen (secondary N) is 1. The quantitative estimate of drug-likeness (QED) is 0.0957. The molecule has 6 saturated carbocycles. The van der Waals surface area contributed by atoms with Crippen LogP contribution in [0.15, 0.2) is 60.7 Å². The molecule has 6 aliphatic carbocycles. The van der Waals surface area contributed by atoms with Gasteiger partial charge in [0.15, 0.2) is 0 Å². The number of ether oxygens (including phenoxy) is 8. The van der Waals surface area contributed by atoms with E-state index in [0.29, 0.717) is 153 Å². The van der Waals surface area contributed by atoms with E-state index in [9.17, 15) is 63.9 Å². The van der Waals surface area contributed by atoms with Crippen LogP contribution in [0.3, 0.4) is 0 Å². The summed E-state index contributed by atoms with van der Waals surface area (Å²) in [6, 6.07) is 18.1. The van der Waals surface area contributed by atoms with Crippen molar-refractivity contribution in [3.8, 4) is 0 Å². The van der Waals surface area contributed by atoms with Gasteiger partial charge in [-0.2, -0.15) is 4.90 Å². The van der Waals surface area contributed by atoms with Crippen LogP contribution in [0, 0.1) is 29.6 Å². The first-order chi connectivity index (χ1) is 58.3. The van der Waals surface area contributed by atoms with Crippen LogP contribution in [-0.4, -0.2) is 240 Å². The molecule has 28 heteroatoms. The fourth-order valence-corrected chi connectivity index (χ4v) is 17.8. The zero-order chi connectivity index (χ0) is 91.8. The Bertz CT molecular complexity index is 3440. The molecule has 0 atom stereocenters. The predicted molar refractivity (Wildman–Crippen MR) is 480 cm³/mol. The molecule has 13 rings (SSSR count). The Morgan fingerprint density at radius 1 is 0.411 bits per heavy atom. The third-order valence-electron chi connectivity index (χ3n) is 25.5. The van der Waals surface area contributed by atoms with Crippen LogP contribution in [0.25, 0.3) is 0 Å². The number of piperidine rings is 5. The zero-order valence-electron chi connectivity index (χ0n) is 78.9. The van der Waals surface area contributed by atoms with Gasteiger partial charge < -0.3 is 87.9 Å². The molecule has 11 fully saturated rings. The fraction of sp³-hybridized carbons (Fsp3) is 0.792. The lowest BCUT2D eigenvalue weighted by Gasteiger charge is -2.53. The highest BCUT2D eigenvalue weighted by molar-refractivity contribution is 6.09. The number of aliphatic hydroxyl groups excluding tert-OH is 5. The lowest BCUT2D eigenvalue weighted by Crippen LogP contribution is -2.50. The summed E-state index contributed by atoms with van der Waals surface area (Å²) in [6.07, 6.45) is 25.0. The molecule has 0 unspecified atom stereocenters. The number of carbonyl (C=O) groups is 8. The third-order valence-corrected chi connectivity index (χ3v) is 25.5. The van der Waals surface area contributed by atoms with Gasteiger partial charge in [-0.1, -0.05) is 96.7 Å². The van der Waals surface area contributed by atoms with Crippen molar-refractivity contribution in [3.63, 3.8) is 0 Å². The SMILES string of the molecule is CC(C)(C)OC(=O)N(C(=O)OC(C)(C)C)c1ccccc1.CC(C)(C)OC(=O)N1CCC(O)CC1.CC(C)(OC(=O)N1CCC(O)CC1)C1CCCCC1.CCC(C)(C)OC(=O)N1CCC(O)CC1.CCC1(OC(=O)N2CCC(O)CC2)CCCC1.CCCC(CC)(CC)OC(=O)N1CCC(O)CC1.O=C(Nc1ccccc1)OC1C2CC3CC(C2)CC1C3. The van der Waals surface area contributed by atoms with Crippen molar-refractivity contribution in [1.82, 2.24) is 24.5 Å². The average molecular weight is 1750 g/mol. The van der Waals surface area contributed by atoms with Crippen molar-refractivity contribution >= 4 is 60.1 Å². The molecule has 124 heavy (non-hydrogen) atoms. The van der Waals surface area contributed by atoms with E-state index in [2.05, 4.69) is 33.0 Å². The molecule has 4 bridgehead atoms. The molecular formula is C96H161N7O21. The molecule has 11 aliphatic rings. The highest BCUT2D eigenvalue weighted by atomic mass is 16.6. The van der Waals surface area contributed by atoms with Gasteiger partial charge in [-0.15, -0.1) is 0 Å². The molecule has 0 aromatic heterocycles. The minimum atomic E-state index is -0.761. The molecule has 6 N–H and O–H groups in total. The molecule has 2 aromatic carbocycles. The summed E-state index contributed by atoms with van der Waals surface area (Å²) in [5.41, 5.74) is -1.90. The minimum absolute atomic E-state index is 0.159. The summed E-state index contributed by atoms with van der Waals surface area (Å²) in [5.74, 6) is 3.55. The van der Waals surface area contributed by atoms with E-state index >= 15 is 0 Å². The van der Waals surface area contributed by atoms with E-state index in [1.54, 1.807) is 96.4 Å². The number of nitrogens with zero attached hydrogens (tertiary/aromatic N) is 6. The van der Waals surface area contributed by atoms with E-state index in [1.807, 2.05) is 85.7 Å². The number of para-hydroxylation sites is 2. The molecule has 2 aromatic rings. The largest absolute Gasteiger partial charge is 0.445 e. The standard InChI is InChI=1S/C17H21NO2.C16H23NO4.C15H27NO3.C14H27NO3.C13H23NO3.C11H21NO3.C10H19NO3/c19-17(18-15-4-2-1-3-5-15)20-16-13-7-11-6-12(9-13)10-14(16)8-11;1-15(2,3)20-13(18)17(12-10-8-7-9-11-12)14(19)21-16(4,5)6;1-15(2,12-6-4-3-5-7-12)19-14(18)16-10-8-13(17)9-11-16;1-4-9-14(5-2,6-3)18-13(17)15-10-7-12(16)8-11-15;1-2-13(7-3-4-8-13)17-12(16)14-9-5-11(15)6-10-14;1-4-11(2,3)15-10(14)12-7-5-9(13)6-8-12;1-10(2,3)14-9(13)11-6-4-8(12)5-7-11/h1-5,11-14,16H,6-10H2,(H,18,19);7-11H,1-6H3;12-13,17H,3-11H2,1-2H3;12,16H,4-11H2,1-3H3;11,15H,2-10H2,1H3;9,13H,4-8H2,1-3H3;8,12H,4-7H2,1-3H3. The van der Waals surface area contributed by atoms with Gasteiger partial charge >= 0.3 is 48.7 Å². The molecular weight excluding hydrogens is 1590 g/mol. The van der Waals surface area contributed by atoms with Crippen molar-refractivity contribution in [3.05, 3.63) is 60.7 Å². The van der Waals surface area contributed by atoms with E-state index in [1.165, 1.54) is 77.0 Å². The van der Waals surface area contributed by atoms with Crippen molar-refractivity contribution in [1.29, 1.82) is 0 Å². The minimum Gasteiger partial charge on any atom is -0.445 e. The van der Waals surface area contributed by atoms with Gasteiger partial charge in [-0.25, -0.2) is 38.4 Å². The lowest BCUT2D eigenvalue weighted by atomic mass is 9.55. The van der Waals surface area contributed by atoms with Gasteiger partial charge in [-0.05, 0) is 311 Å². The van der Waals surface area contributed by atoms with Crippen molar-refractivity contribution < 1.29 is 102 Å². The second kappa shape index (κ2) is 49.8. The van der Waals surface area contributed by atoms with Gasteiger partial charge in [0.2, 0.25) is 0 Å². The Balaban J connectivity index is 0.000000225. The normalized spacial score (nSPS) is 22.2. The summed E-state index contributed by atoms with van der Waals surface area (Å²) >= 11 is 0. The molecule has 5 heterocycles. The second-order valence-electron chi connectivity index (χ2n) is 39.9. The van der Waals surface area contributed by atoms with Crippen molar-refractivity contribution in [2.75, 3.05) is 75.7 Å². The Labute approximate surface area is 741 Å². The van der Waals surface area contributed by atoms with Crippen LogP contribution in [0.4, 0.5) is 49.7 Å². The number of amides is 8. The van der Waals surface area contributed by atoms with Gasteiger partial charge in [0.25, 0.3) is 0 Å². The lowest BCUT2D eigenvalue weighted by molar-refractivity contribution is -0.0934. The van der Waals surface area contributed by atoms with Crippen LogP contribution in [0.1, 0.15) is 317 Å². The highest BCUT2D eigenvalue weighted by Gasteiger charge is 2.50. The number of imide groups is 1. The number of benzene rings is 2. The van der Waals surface area contributed by atoms with Crippen LogP contribution in [0.2, 0.25) is 0 Å². The van der Waals surface area contributed by atoms with Crippen molar-refractivity contribution in [2.24, 2.45) is 29.6 Å². The maximum atomic E-state index is 12.3. The number of carbonyl (C=O) groups excluding carboxylic acids is 8. The van der Waals surface area contributed by atoms with Gasteiger partial charge in [0.05, 0.1) is 36.2 Å². The van der Waals surface area contributed by atoms with Gasteiger partial charge in [0.1, 0.15) is 45.3 Å². The van der Waals surface area contributed by atoms with Crippen LogP contribution in [0.5, 0.6) is 0 Å². The monoisotopic (exact) mass is 1750 g/mol. The summed E-state index contributed by atoms with van der Waals surface area (Å²) in [5, 5.41) is 49.7. The molecule has 5 saturated heterocycles. The summed E-state index contributed by atoms with van der Waals surface area (Å²) in [4.78, 5) is 106. The van der Waals surface area contributed by atoms with Crippen molar-refractivity contribution in [2.45, 2.75) is 393 Å². The first-order valence-electron chi connectivity index (χ1n) is 46.9. The van der Waals surface area contributed by atoms with Gasteiger partial charge in [0, 0.05) is 71.1 Å². The molecule has 706 valence electrons. The first-order valence-corrected chi connectivity index (χ1v) is 46.9. The summed E-state index contributed by atoms with van der Waals surface area (Å²) < 4.78 is 44.2. The van der Waals surface area contributed by atoms with Crippen LogP contribution >= 0.6 is 0 Å². The maximum absolute atomic E-state index is 12.3. The van der Waals surface area contributed by atoms with E-state index in [4.69, 9.17) is 37.9 Å². The smallest absolute Gasteiger partial charge is 0.424 e. The molecule has 28 nitrogen and oxygen atoms in total. The Morgan fingerprint density at radius 2 is 0.766 bits per heavy atom. The van der Waals surface area contributed by atoms with E-state index in [0.717, 1.165) is 73.8 Å². The average Bonchev–Trinajstić information content (AvgIpc) is 0.819.